The molecule has 0 bridgehead atoms. The van der Waals surface area contributed by atoms with Gasteiger partial charge in [0.15, 0.2) is 0 Å². The van der Waals surface area contributed by atoms with Gasteiger partial charge in [-0.3, -0.25) is 0 Å². The summed E-state index contributed by atoms with van der Waals surface area (Å²) in [6.45, 7) is 2.58. The third-order valence-corrected chi connectivity index (χ3v) is 4.00. The number of ether oxygens (including phenoxy) is 1. The Labute approximate surface area is 113 Å². The number of benzene rings is 1. The van der Waals surface area contributed by atoms with Crippen LogP contribution >= 0.6 is 27.3 Å². The summed E-state index contributed by atoms with van der Waals surface area (Å²) in [6, 6.07) is 7.88. The van der Waals surface area contributed by atoms with E-state index in [0.29, 0.717) is 11.5 Å². The maximum atomic E-state index is 11.8. The quantitative estimate of drug-likeness (QED) is 0.608. The fourth-order valence-corrected chi connectivity index (χ4v) is 2.81. The Hall–Kier alpha value is -0.870. The Kier molecular flexibility index (Phi) is 4.18. The molecule has 0 saturated heterocycles. The minimum atomic E-state index is -0.212. The number of thiophene rings is 1. The number of hydrogen-bond acceptors (Lipinski definition) is 3. The molecule has 0 aliphatic carbocycles. The van der Waals surface area contributed by atoms with Crippen molar-refractivity contribution in [1.29, 1.82) is 0 Å². The van der Waals surface area contributed by atoms with Crippen molar-refractivity contribution in [3.63, 3.8) is 0 Å². The molecule has 4 heteroatoms. The van der Waals surface area contributed by atoms with Crippen molar-refractivity contribution in [2.45, 2.75) is 19.8 Å². The molecule has 0 aliphatic rings. The Balaban J connectivity index is 2.15. The van der Waals surface area contributed by atoms with Crippen LogP contribution < -0.4 is 0 Å². The van der Waals surface area contributed by atoms with Crippen molar-refractivity contribution in [2.75, 3.05) is 6.61 Å². The van der Waals surface area contributed by atoms with Crippen LogP contribution in [0.5, 0.6) is 0 Å². The average molecular weight is 313 g/mol. The van der Waals surface area contributed by atoms with Crippen LogP contribution in [0.1, 0.15) is 29.4 Å². The van der Waals surface area contributed by atoms with E-state index in [1.165, 1.54) is 11.3 Å². The Morgan fingerprint density at radius 2 is 2.24 bits per heavy atom. The first kappa shape index (κ1) is 12.6. The Bertz CT molecular complexity index is 533. The minimum absolute atomic E-state index is 0.212. The van der Waals surface area contributed by atoms with Crippen LogP contribution in [-0.2, 0) is 4.74 Å². The Morgan fingerprint density at radius 1 is 1.41 bits per heavy atom. The summed E-state index contributed by atoms with van der Waals surface area (Å²) >= 11 is 4.90. The molecular formula is C13H13BrO2S. The molecule has 2 rings (SSSR count). The van der Waals surface area contributed by atoms with Gasteiger partial charge in [0.2, 0.25) is 0 Å². The summed E-state index contributed by atoms with van der Waals surface area (Å²) in [7, 11) is 0. The topological polar surface area (TPSA) is 26.3 Å². The molecule has 0 amide bonds. The highest BCUT2D eigenvalue weighted by Crippen LogP contribution is 2.28. The van der Waals surface area contributed by atoms with Crippen LogP contribution in [0, 0.1) is 0 Å². The van der Waals surface area contributed by atoms with E-state index in [2.05, 4.69) is 22.9 Å². The molecule has 1 aromatic heterocycles. The SMILES string of the molecule is CCCCOC(=O)c1cc2cc(Br)ccc2s1. The number of fused-ring (bicyclic) bond motifs is 1. The summed E-state index contributed by atoms with van der Waals surface area (Å²) in [5.74, 6) is -0.212. The van der Waals surface area contributed by atoms with Gasteiger partial charge in [-0.2, -0.15) is 0 Å². The lowest BCUT2D eigenvalue weighted by Crippen LogP contribution is -2.03. The predicted octanol–water partition coefficient (Wildman–Crippen LogP) is 4.62. The number of esters is 1. The largest absolute Gasteiger partial charge is 0.462 e. The van der Waals surface area contributed by atoms with Gasteiger partial charge in [-0.25, -0.2) is 4.79 Å². The number of carbonyl (C=O) groups is 1. The second-order valence-corrected chi connectivity index (χ2v) is 5.78. The third kappa shape index (κ3) is 3.07. The van der Waals surface area contributed by atoms with E-state index in [9.17, 15) is 4.79 Å². The van der Waals surface area contributed by atoms with E-state index < -0.39 is 0 Å². The lowest BCUT2D eigenvalue weighted by atomic mass is 10.2. The molecule has 0 unspecified atom stereocenters. The summed E-state index contributed by atoms with van der Waals surface area (Å²) in [6.07, 6.45) is 1.95. The first-order valence-corrected chi connectivity index (χ1v) is 7.18. The predicted molar refractivity (Wildman–Crippen MR) is 74.7 cm³/mol. The molecule has 0 aliphatic heterocycles. The second-order valence-electron chi connectivity index (χ2n) is 3.78. The van der Waals surface area contributed by atoms with Gasteiger partial charge in [-0.15, -0.1) is 11.3 Å². The zero-order chi connectivity index (χ0) is 12.3. The van der Waals surface area contributed by atoms with Crippen molar-refractivity contribution >= 4 is 43.3 Å². The third-order valence-electron chi connectivity index (χ3n) is 2.41. The van der Waals surface area contributed by atoms with Crippen LogP contribution in [0.2, 0.25) is 0 Å². The van der Waals surface area contributed by atoms with E-state index in [1.54, 1.807) is 0 Å². The van der Waals surface area contributed by atoms with Crippen molar-refractivity contribution < 1.29 is 9.53 Å². The molecule has 0 radical (unpaired) electrons. The van der Waals surface area contributed by atoms with Crippen molar-refractivity contribution in [2.24, 2.45) is 0 Å². The minimum Gasteiger partial charge on any atom is -0.462 e. The molecule has 0 atom stereocenters. The van der Waals surface area contributed by atoms with Gasteiger partial charge in [0.05, 0.1) is 6.61 Å². The molecule has 0 fully saturated rings. The average Bonchev–Trinajstić information content (AvgIpc) is 2.72. The van der Waals surface area contributed by atoms with Crippen LogP contribution in [0.3, 0.4) is 0 Å². The number of halogens is 1. The molecule has 0 saturated carbocycles. The zero-order valence-electron chi connectivity index (χ0n) is 9.53. The van der Waals surface area contributed by atoms with Crippen LogP contribution in [0.15, 0.2) is 28.7 Å². The lowest BCUT2D eigenvalue weighted by molar-refractivity contribution is 0.0505. The molecular weight excluding hydrogens is 300 g/mol. The van der Waals surface area contributed by atoms with Gasteiger partial charge in [0.1, 0.15) is 4.88 Å². The van der Waals surface area contributed by atoms with Crippen molar-refractivity contribution in [3.8, 4) is 0 Å². The number of unbranched alkanes of at least 4 members (excludes halogenated alkanes) is 1. The van der Waals surface area contributed by atoms with Gasteiger partial charge in [0, 0.05) is 9.17 Å². The number of rotatable bonds is 4. The second kappa shape index (κ2) is 5.65. The maximum absolute atomic E-state index is 11.8. The van der Waals surface area contributed by atoms with Gasteiger partial charge in [0.25, 0.3) is 0 Å². The highest BCUT2D eigenvalue weighted by Gasteiger charge is 2.11. The lowest BCUT2D eigenvalue weighted by Gasteiger charge is -2.00. The molecule has 90 valence electrons. The van der Waals surface area contributed by atoms with E-state index in [0.717, 1.165) is 27.4 Å². The van der Waals surface area contributed by atoms with Crippen LogP contribution in [-0.4, -0.2) is 12.6 Å². The fourth-order valence-electron chi connectivity index (χ4n) is 1.50. The first-order chi connectivity index (χ1) is 8.20. The van der Waals surface area contributed by atoms with E-state index in [1.807, 2.05) is 24.3 Å². The Morgan fingerprint density at radius 3 is 3.00 bits per heavy atom. The van der Waals surface area contributed by atoms with Crippen LogP contribution in [0.4, 0.5) is 0 Å². The van der Waals surface area contributed by atoms with Gasteiger partial charge in [-0.05, 0) is 36.1 Å². The number of hydrogen-bond donors (Lipinski definition) is 0. The highest BCUT2D eigenvalue weighted by atomic mass is 79.9. The molecule has 17 heavy (non-hydrogen) atoms. The fraction of sp³-hybridized carbons (Fsp3) is 0.308. The summed E-state index contributed by atoms with van der Waals surface area (Å²) < 4.78 is 7.32. The monoisotopic (exact) mass is 312 g/mol. The molecule has 1 aromatic carbocycles. The summed E-state index contributed by atoms with van der Waals surface area (Å²) in [5.41, 5.74) is 0. The molecule has 1 heterocycles. The van der Waals surface area contributed by atoms with Crippen molar-refractivity contribution in [3.05, 3.63) is 33.6 Å². The van der Waals surface area contributed by atoms with Crippen LogP contribution in [0.25, 0.3) is 10.1 Å². The van der Waals surface area contributed by atoms with Gasteiger partial charge in [-0.1, -0.05) is 29.3 Å². The molecule has 2 nitrogen and oxygen atoms in total. The van der Waals surface area contributed by atoms with E-state index in [-0.39, 0.29) is 5.97 Å². The van der Waals surface area contributed by atoms with E-state index >= 15 is 0 Å². The summed E-state index contributed by atoms with van der Waals surface area (Å²) in [5, 5.41) is 1.08. The summed E-state index contributed by atoms with van der Waals surface area (Å²) in [4.78, 5) is 12.4. The number of carbonyl (C=O) groups excluding carboxylic acids is 1. The smallest absolute Gasteiger partial charge is 0.348 e. The normalized spacial score (nSPS) is 10.7. The maximum Gasteiger partial charge on any atom is 0.348 e. The molecule has 0 N–H and O–H groups in total. The molecule has 2 aromatic rings. The standard InChI is InChI=1S/C13H13BrO2S/c1-2-3-6-16-13(15)12-8-9-7-10(14)4-5-11(9)17-12/h4-5,7-8H,2-3,6H2,1H3. The first-order valence-electron chi connectivity index (χ1n) is 5.57. The highest BCUT2D eigenvalue weighted by molar-refractivity contribution is 9.10. The van der Waals surface area contributed by atoms with Crippen molar-refractivity contribution in [1.82, 2.24) is 0 Å². The zero-order valence-corrected chi connectivity index (χ0v) is 11.9. The van der Waals surface area contributed by atoms with E-state index in [4.69, 9.17) is 4.74 Å². The molecule has 0 spiro atoms. The van der Waals surface area contributed by atoms with Gasteiger partial charge < -0.3 is 4.74 Å². The van der Waals surface area contributed by atoms with Gasteiger partial charge >= 0.3 is 5.97 Å².